The van der Waals surface area contributed by atoms with Crippen molar-refractivity contribution in [2.45, 2.75) is 13.8 Å². The Kier molecular flexibility index (Phi) is 3.57. The molecule has 0 amide bonds. The Morgan fingerprint density at radius 1 is 0.619 bits per heavy atom. The van der Waals surface area contributed by atoms with Gasteiger partial charge in [-0.15, -0.1) is 0 Å². The van der Waals surface area contributed by atoms with Crippen LogP contribution in [0.15, 0.2) is 66.7 Å². The molecule has 0 radical (unpaired) electrons. The molecule has 3 aromatic carbocycles. The summed E-state index contributed by atoms with van der Waals surface area (Å²) in [5, 5.41) is 0. The molecule has 0 heterocycles. The van der Waals surface area contributed by atoms with E-state index in [0.717, 1.165) is 33.4 Å². The van der Waals surface area contributed by atoms with Crippen LogP contribution < -0.4 is 0 Å². The molecule has 3 aromatic rings. The summed E-state index contributed by atoms with van der Waals surface area (Å²) < 4.78 is 14.1. The third-order valence-corrected chi connectivity index (χ3v) is 3.81. The standard InChI is InChI=1S/C20H17F/c1-14-7-3-5-9-19(14)16-11-17(13-18(21)12-16)20-10-6-4-8-15(20)2/h3-13H,1-2H3. The Morgan fingerprint density at radius 2 is 1.05 bits per heavy atom. The SMILES string of the molecule is Cc1ccccc1-c1cc(F)cc(-c2ccccc2C)c1. The third-order valence-electron chi connectivity index (χ3n) is 3.81. The second-order valence-corrected chi connectivity index (χ2v) is 5.36. The number of hydrogen-bond donors (Lipinski definition) is 0. The largest absolute Gasteiger partial charge is 0.207 e. The van der Waals surface area contributed by atoms with Gasteiger partial charge in [0.05, 0.1) is 0 Å². The molecule has 0 nitrogen and oxygen atoms in total. The van der Waals surface area contributed by atoms with E-state index in [1.165, 1.54) is 0 Å². The first-order chi connectivity index (χ1) is 10.1. The Hall–Kier alpha value is -2.41. The van der Waals surface area contributed by atoms with Crippen LogP contribution in [0.5, 0.6) is 0 Å². The molecule has 104 valence electrons. The molecule has 0 spiro atoms. The molecule has 1 heteroatoms. The van der Waals surface area contributed by atoms with Crippen LogP contribution in [0.1, 0.15) is 11.1 Å². The molecule has 0 aromatic heterocycles. The van der Waals surface area contributed by atoms with E-state index in [9.17, 15) is 4.39 Å². The van der Waals surface area contributed by atoms with Crippen molar-refractivity contribution in [3.8, 4) is 22.3 Å². The van der Waals surface area contributed by atoms with E-state index >= 15 is 0 Å². The summed E-state index contributed by atoms with van der Waals surface area (Å²) in [6, 6.07) is 21.4. The van der Waals surface area contributed by atoms with E-state index in [-0.39, 0.29) is 5.82 Å². The molecule has 0 unspecified atom stereocenters. The number of aryl methyl sites for hydroxylation is 2. The molecular formula is C20H17F. The summed E-state index contributed by atoms with van der Waals surface area (Å²) in [6.07, 6.45) is 0. The highest BCUT2D eigenvalue weighted by Gasteiger charge is 2.08. The molecule has 0 aliphatic carbocycles. The van der Waals surface area contributed by atoms with Gasteiger partial charge in [0.25, 0.3) is 0 Å². The molecule has 0 bridgehead atoms. The third kappa shape index (κ3) is 2.73. The molecule has 0 saturated heterocycles. The van der Waals surface area contributed by atoms with Crippen LogP contribution in [0, 0.1) is 19.7 Å². The topological polar surface area (TPSA) is 0 Å². The molecule has 0 atom stereocenters. The van der Waals surface area contributed by atoms with Gasteiger partial charge < -0.3 is 0 Å². The summed E-state index contributed by atoms with van der Waals surface area (Å²) in [5.74, 6) is -0.200. The zero-order valence-electron chi connectivity index (χ0n) is 12.2. The summed E-state index contributed by atoms with van der Waals surface area (Å²) in [4.78, 5) is 0. The first-order valence-electron chi connectivity index (χ1n) is 7.08. The van der Waals surface area contributed by atoms with Gasteiger partial charge in [0, 0.05) is 0 Å². The molecule has 0 aliphatic heterocycles. The number of hydrogen-bond acceptors (Lipinski definition) is 0. The quantitative estimate of drug-likeness (QED) is 0.557. The van der Waals surface area contributed by atoms with Crippen molar-refractivity contribution in [3.05, 3.63) is 83.7 Å². The van der Waals surface area contributed by atoms with Crippen molar-refractivity contribution in [1.29, 1.82) is 0 Å². The van der Waals surface area contributed by atoms with E-state index in [2.05, 4.69) is 6.07 Å². The van der Waals surface area contributed by atoms with Crippen molar-refractivity contribution >= 4 is 0 Å². The monoisotopic (exact) mass is 276 g/mol. The van der Waals surface area contributed by atoms with Gasteiger partial charge in [0.15, 0.2) is 0 Å². The van der Waals surface area contributed by atoms with Crippen LogP contribution in [-0.2, 0) is 0 Å². The minimum absolute atomic E-state index is 0.200. The molecule has 0 saturated carbocycles. The van der Waals surface area contributed by atoms with Crippen LogP contribution in [0.3, 0.4) is 0 Å². The molecule has 0 N–H and O–H groups in total. The van der Waals surface area contributed by atoms with Crippen molar-refractivity contribution < 1.29 is 4.39 Å². The molecule has 3 rings (SSSR count). The Bertz CT molecular complexity index is 724. The maximum atomic E-state index is 14.1. The predicted octanol–water partition coefficient (Wildman–Crippen LogP) is 5.78. The molecular weight excluding hydrogens is 259 g/mol. The van der Waals surface area contributed by atoms with E-state index in [0.29, 0.717) is 0 Å². The van der Waals surface area contributed by atoms with Crippen molar-refractivity contribution in [3.63, 3.8) is 0 Å². The highest BCUT2D eigenvalue weighted by Crippen LogP contribution is 2.30. The Balaban J connectivity index is 2.18. The highest BCUT2D eigenvalue weighted by atomic mass is 19.1. The van der Waals surface area contributed by atoms with Gasteiger partial charge >= 0.3 is 0 Å². The second-order valence-electron chi connectivity index (χ2n) is 5.36. The minimum Gasteiger partial charge on any atom is -0.207 e. The van der Waals surface area contributed by atoms with Gasteiger partial charge in [0.2, 0.25) is 0 Å². The molecule has 21 heavy (non-hydrogen) atoms. The van der Waals surface area contributed by atoms with Gasteiger partial charge in [-0.2, -0.15) is 0 Å². The van der Waals surface area contributed by atoms with Crippen molar-refractivity contribution in [2.75, 3.05) is 0 Å². The van der Waals surface area contributed by atoms with E-state index in [1.807, 2.05) is 62.4 Å². The number of halogens is 1. The molecule has 0 aliphatic rings. The maximum absolute atomic E-state index is 14.1. The summed E-state index contributed by atoms with van der Waals surface area (Å²) in [6.45, 7) is 4.10. The summed E-state index contributed by atoms with van der Waals surface area (Å²) >= 11 is 0. The normalized spacial score (nSPS) is 10.6. The first kappa shape index (κ1) is 13.6. The average Bonchev–Trinajstić information content (AvgIpc) is 2.47. The van der Waals surface area contributed by atoms with Gasteiger partial charge in [-0.05, 0) is 65.4 Å². The number of benzene rings is 3. The van der Waals surface area contributed by atoms with Gasteiger partial charge in [0.1, 0.15) is 5.82 Å². The summed E-state index contributed by atoms with van der Waals surface area (Å²) in [5.41, 5.74) is 6.30. The minimum atomic E-state index is -0.200. The van der Waals surface area contributed by atoms with Gasteiger partial charge in [-0.1, -0.05) is 48.5 Å². The van der Waals surface area contributed by atoms with Crippen molar-refractivity contribution in [1.82, 2.24) is 0 Å². The highest BCUT2D eigenvalue weighted by molar-refractivity contribution is 5.76. The summed E-state index contributed by atoms with van der Waals surface area (Å²) in [7, 11) is 0. The van der Waals surface area contributed by atoms with E-state index < -0.39 is 0 Å². The van der Waals surface area contributed by atoms with Crippen LogP contribution >= 0.6 is 0 Å². The van der Waals surface area contributed by atoms with Crippen molar-refractivity contribution in [2.24, 2.45) is 0 Å². The predicted molar refractivity (Wildman–Crippen MR) is 86.7 cm³/mol. The number of rotatable bonds is 2. The van der Waals surface area contributed by atoms with E-state index in [1.54, 1.807) is 12.1 Å². The Labute approximate surface area is 124 Å². The zero-order valence-corrected chi connectivity index (χ0v) is 12.2. The fourth-order valence-corrected chi connectivity index (χ4v) is 2.69. The lowest BCUT2D eigenvalue weighted by atomic mass is 9.94. The van der Waals surface area contributed by atoms with Gasteiger partial charge in [-0.3, -0.25) is 0 Å². The lowest BCUT2D eigenvalue weighted by Crippen LogP contribution is -1.89. The van der Waals surface area contributed by atoms with Crippen LogP contribution in [0.2, 0.25) is 0 Å². The van der Waals surface area contributed by atoms with Crippen LogP contribution in [0.4, 0.5) is 4.39 Å². The van der Waals surface area contributed by atoms with Gasteiger partial charge in [-0.25, -0.2) is 4.39 Å². The second kappa shape index (κ2) is 5.53. The molecule has 0 fully saturated rings. The van der Waals surface area contributed by atoms with E-state index in [4.69, 9.17) is 0 Å². The lowest BCUT2D eigenvalue weighted by Gasteiger charge is -2.11. The zero-order chi connectivity index (χ0) is 14.8. The lowest BCUT2D eigenvalue weighted by molar-refractivity contribution is 0.629. The van der Waals surface area contributed by atoms with Crippen LogP contribution in [0.25, 0.3) is 22.3 Å². The fraction of sp³-hybridized carbons (Fsp3) is 0.100. The Morgan fingerprint density at radius 3 is 1.48 bits per heavy atom. The average molecular weight is 276 g/mol. The van der Waals surface area contributed by atoms with Crippen LogP contribution in [-0.4, -0.2) is 0 Å². The fourth-order valence-electron chi connectivity index (χ4n) is 2.69. The smallest absolute Gasteiger partial charge is 0.124 e. The maximum Gasteiger partial charge on any atom is 0.124 e. The first-order valence-corrected chi connectivity index (χ1v) is 7.08.